The van der Waals surface area contributed by atoms with Gasteiger partial charge in [0, 0.05) is 44.4 Å². The van der Waals surface area contributed by atoms with Crippen molar-refractivity contribution >= 4 is 0 Å². The molecule has 1 N–H and O–H groups in total. The second-order valence-electron chi connectivity index (χ2n) is 6.34. The van der Waals surface area contributed by atoms with E-state index in [1.165, 1.54) is 32.4 Å². The van der Waals surface area contributed by atoms with Gasteiger partial charge in [-0.15, -0.1) is 0 Å². The van der Waals surface area contributed by atoms with Crippen LogP contribution in [0, 0.1) is 5.92 Å². The van der Waals surface area contributed by atoms with Crippen LogP contribution >= 0.6 is 0 Å². The molecule has 2 aliphatic rings. The zero-order chi connectivity index (χ0) is 12.3. The summed E-state index contributed by atoms with van der Waals surface area (Å²) in [6.45, 7) is 12.5. The first kappa shape index (κ1) is 13.3. The Labute approximate surface area is 106 Å². The summed E-state index contributed by atoms with van der Waals surface area (Å²) >= 11 is 0. The molecule has 2 saturated heterocycles. The molecule has 0 saturated carbocycles. The Hall–Kier alpha value is -0.120. The largest absolute Gasteiger partial charge is 0.381 e. The summed E-state index contributed by atoms with van der Waals surface area (Å²) < 4.78 is 5.50. The van der Waals surface area contributed by atoms with E-state index >= 15 is 0 Å². The number of nitrogens with one attached hydrogen (secondary N) is 1. The van der Waals surface area contributed by atoms with Gasteiger partial charge in [-0.2, -0.15) is 0 Å². The van der Waals surface area contributed by atoms with Crippen molar-refractivity contribution in [3.05, 3.63) is 0 Å². The number of rotatable bonds is 3. The number of hydrogen-bond donors (Lipinski definition) is 1. The fourth-order valence-electron chi connectivity index (χ4n) is 3.17. The molecule has 2 aliphatic heterocycles. The monoisotopic (exact) mass is 240 g/mol. The highest BCUT2D eigenvalue weighted by Gasteiger charge is 2.36. The van der Waals surface area contributed by atoms with Crippen LogP contribution in [-0.4, -0.2) is 49.3 Å². The average molecular weight is 240 g/mol. The normalized spacial score (nSPS) is 30.7. The zero-order valence-corrected chi connectivity index (χ0v) is 11.7. The first-order chi connectivity index (χ1) is 8.10. The van der Waals surface area contributed by atoms with Crippen molar-refractivity contribution < 1.29 is 4.74 Å². The van der Waals surface area contributed by atoms with Gasteiger partial charge in [0.2, 0.25) is 0 Å². The molecule has 0 spiro atoms. The fourth-order valence-corrected chi connectivity index (χ4v) is 3.17. The van der Waals surface area contributed by atoms with Crippen LogP contribution in [0.4, 0.5) is 0 Å². The van der Waals surface area contributed by atoms with Gasteiger partial charge in [-0.05, 0) is 32.1 Å². The smallest absolute Gasteiger partial charge is 0.0483 e. The topological polar surface area (TPSA) is 24.5 Å². The first-order valence-corrected chi connectivity index (χ1v) is 7.16. The van der Waals surface area contributed by atoms with Crippen LogP contribution < -0.4 is 5.32 Å². The molecule has 0 amide bonds. The molecule has 2 rings (SSSR count). The van der Waals surface area contributed by atoms with Crippen LogP contribution in [0.15, 0.2) is 0 Å². The molecule has 2 fully saturated rings. The maximum absolute atomic E-state index is 5.50. The summed E-state index contributed by atoms with van der Waals surface area (Å²) in [5.74, 6) is 0.787. The Kier molecular flexibility index (Phi) is 4.45. The Morgan fingerprint density at radius 2 is 2.06 bits per heavy atom. The predicted molar refractivity (Wildman–Crippen MR) is 71.3 cm³/mol. The Morgan fingerprint density at radius 3 is 2.71 bits per heavy atom. The van der Waals surface area contributed by atoms with Crippen LogP contribution in [0.1, 0.15) is 40.0 Å². The third-order valence-corrected chi connectivity index (χ3v) is 4.34. The highest BCUT2D eigenvalue weighted by molar-refractivity contribution is 4.93. The number of hydrogen-bond acceptors (Lipinski definition) is 3. The van der Waals surface area contributed by atoms with Crippen molar-refractivity contribution in [1.82, 2.24) is 10.2 Å². The minimum Gasteiger partial charge on any atom is -0.381 e. The van der Waals surface area contributed by atoms with Crippen LogP contribution in [0.25, 0.3) is 0 Å². The summed E-state index contributed by atoms with van der Waals surface area (Å²) in [5, 5.41) is 3.66. The van der Waals surface area contributed by atoms with Crippen LogP contribution in [-0.2, 0) is 4.74 Å². The molecular formula is C14H28N2O. The zero-order valence-electron chi connectivity index (χ0n) is 11.7. The lowest BCUT2D eigenvalue weighted by Crippen LogP contribution is -2.60. The number of ether oxygens (including phenoxy) is 1. The van der Waals surface area contributed by atoms with Crippen molar-refractivity contribution in [3.8, 4) is 0 Å². The van der Waals surface area contributed by atoms with E-state index in [0.29, 0.717) is 11.6 Å². The van der Waals surface area contributed by atoms with Gasteiger partial charge >= 0.3 is 0 Å². The van der Waals surface area contributed by atoms with E-state index in [4.69, 9.17) is 4.74 Å². The van der Waals surface area contributed by atoms with E-state index in [0.717, 1.165) is 25.7 Å². The molecule has 2 heterocycles. The quantitative estimate of drug-likeness (QED) is 0.815. The lowest BCUT2D eigenvalue weighted by molar-refractivity contribution is -0.0310. The van der Waals surface area contributed by atoms with Gasteiger partial charge in [0.1, 0.15) is 0 Å². The van der Waals surface area contributed by atoms with Gasteiger partial charge in [0.25, 0.3) is 0 Å². The highest BCUT2D eigenvalue weighted by Crippen LogP contribution is 2.28. The van der Waals surface area contributed by atoms with Gasteiger partial charge in [-0.25, -0.2) is 0 Å². The molecule has 100 valence electrons. The maximum atomic E-state index is 5.50. The summed E-state index contributed by atoms with van der Waals surface area (Å²) in [5.41, 5.74) is 0.385. The SMILES string of the molecule is CC(C)CC1CN(C2(C)CCOCC2)CCN1. The van der Waals surface area contributed by atoms with E-state index < -0.39 is 0 Å². The van der Waals surface area contributed by atoms with Crippen molar-refractivity contribution in [2.75, 3.05) is 32.8 Å². The van der Waals surface area contributed by atoms with E-state index in [1.54, 1.807) is 0 Å². The summed E-state index contributed by atoms with van der Waals surface area (Å²) in [6.07, 6.45) is 3.69. The summed E-state index contributed by atoms with van der Waals surface area (Å²) in [7, 11) is 0. The van der Waals surface area contributed by atoms with Gasteiger partial charge in [0.05, 0.1) is 0 Å². The van der Waals surface area contributed by atoms with Crippen LogP contribution in [0.2, 0.25) is 0 Å². The molecule has 0 aromatic heterocycles. The second-order valence-corrected chi connectivity index (χ2v) is 6.34. The van der Waals surface area contributed by atoms with Crippen molar-refractivity contribution in [3.63, 3.8) is 0 Å². The van der Waals surface area contributed by atoms with Gasteiger partial charge in [-0.1, -0.05) is 13.8 Å². The van der Waals surface area contributed by atoms with E-state index in [9.17, 15) is 0 Å². The van der Waals surface area contributed by atoms with Gasteiger partial charge in [-0.3, -0.25) is 4.90 Å². The van der Waals surface area contributed by atoms with Gasteiger partial charge in [0.15, 0.2) is 0 Å². The van der Waals surface area contributed by atoms with Crippen molar-refractivity contribution in [2.45, 2.75) is 51.6 Å². The Balaban J connectivity index is 1.91. The molecule has 0 aliphatic carbocycles. The maximum Gasteiger partial charge on any atom is 0.0483 e. The van der Waals surface area contributed by atoms with E-state index in [1.807, 2.05) is 0 Å². The lowest BCUT2D eigenvalue weighted by Gasteiger charge is -2.48. The average Bonchev–Trinajstić information content (AvgIpc) is 2.29. The first-order valence-electron chi connectivity index (χ1n) is 7.16. The molecule has 0 bridgehead atoms. The highest BCUT2D eigenvalue weighted by atomic mass is 16.5. The molecule has 3 heteroatoms. The lowest BCUT2D eigenvalue weighted by atomic mass is 9.88. The third kappa shape index (κ3) is 3.43. The van der Waals surface area contributed by atoms with E-state index in [2.05, 4.69) is 31.0 Å². The van der Waals surface area contributed by atoms with Crippen molar-refractivity contribution in [2.24, 2.45) is 5.92 Å². The van der Waals surface area contributed by atoms with E-state index in [-0.39, 0.29) is 0 Å². The number of piperazine rings is 1. The summed E-state index contributed by atoms with van der Waals surface area (Å²) in [4.78, 5) is 2.71. The molecule has 1 atom stereocenters. The fraction of sp³-hybridized carbons (Fsp3) is 1.00. The minimum atomic E-state index is 0.385. The summed E-state index contributed by atoms with van der Waals surface area (Å²) in [6, 6.07) is 0.684. The molecule has 0 aromatic carbocycles. The Morgan fingerprint density at radius 1 is 1.35 bits per heavy atom. The molecule has 17 heavy (non-hydrogen) atoms. The third-order valence-electron chi connectivity index (χ3n) is 4.34. The predicted octanol–water partition coefficient (Wildman–Crippen LogP) is 1.88. The molecule has 3 nitrogen and oxygen atoms in total. The minimum absolute atomic E-state index is 0.385. The van der Waals surface area contributed by atoms with Gasteiger partial charge < -0.3 is 10.1 Å². The number of nitrogens with zero attached hydrogens (tertiary/aromatic N) is 1. The van der Waals surface area contributed by atoms with Crippen LogP contribution in [0.5, 0.6) is 0 Å². The second kappa shape index (κ2) is 5.68. The molecule has 0 aromatic rings. The Bertz CT molecular complexity index is 236. The van der Waals surface area contributed by atoms with Crippen molar-refractivity contribution in [1.29, 1.82) is 0 Å². The standard InChI is InChI=1S/C14H28N2O/c1-12(2)10-13-11-16(7-6-15-13)14(3)4-8-17-9-5-14/h12-13,15H,4-11H2,1-3H3. The van der Waals surface area contributed by atoms with Crippen LogP contribution in [0.3, 0.4) is 0 Å². The molecule has 0 radical (unpaired) electrons. The molecular weight excluding hydrogens is 212 g/mol. The molecule has 1 unspecified atom stereocenters.